The molecule has 54 heavy (non-hydrogen) atoms. The first-order chi connectivity index (χ1) is 26.8. The quantitative estimate of drug-likeness (QED) is 0.185. The van der Waals surface area contributed by atoms with E-state index in [9.17, 15) is 0 Å². The van der Waals surface area contributed by atoms with Crippen LogP contribution >= 0.6 is 0 Å². The fraction of sp³-hybridized carbons (Fsp3) is 0.0196. The van der Waals surface area contributed by atoms with Crippen molar-refractivity contribution in [2.45, 2.75) is 5.41 Å². The molecule has 1 aliphatic carbocycles. The first-order valence-electron chi connectivity index (χ1n) is 18.6. The molecular formula is C51H31N3. The van der Waals surface area contributed by atoms with Crippen LogP contribution in [0.1, 0.15) is 22.3 Å². The van der Waals surface area contributed by atoms with Crippen LogP contribution in [-0.2, 0) is 5.41 Å². The molecule has 1 spiro atoms. The van der Waals surface area contributed by atoms with Crippen LogP contribution in [0, 0.1) is 0 Å². The highest BCUT2D eigenvalue weighted by Gasteiger charge is 2.50. The van der Waals surface area contributed by atoms with Crippen molar-refractivity contribution in [2.24, 2.45) is 0 Å². The van der Waals surface area contributed by atoms with Crippen molar-refractivity contribution in [3.8, 4) is 50.5 Å². The molecule has 0 saturated carbocycles. The topological polar surface area (TPSA) is 30.7 Å². The summed E-state index contributed by atoms with van der Waals surface area (Å²) in [6.45, 7) is 0. The molecule has 0 fully saturated rings. The van der Waals surface area contributed by atoms with Crippen LogP contribution in [0.4, 0.5) is 0 Å². The van der Waals surface area contributed by atoms with Gasteiger partial charge in [0, 0.05) is 27.9 Å². The van der Waals surface area contributed by atoms with Gasteiger partial charge < -0.3 is 4.57 Å². The Labute approximate surface area is 312 Å². The molecule has 0 amide bonds. The number of rotatable bonds is 3. The van der Waals surface area contributed by atoms with Gasteiger partial charge in [0.05, 0.1) is 27.7 Å². The van der Waals surface area contributed by atoms with Crippen LogP contribution in [0.5, 0.6) is 0 Å². The largest absolute Gasteiger partial charge is 0.309 e. The molecule has 2 aliphatic rings. The molecule has 0 bridgehead atoms. The maximum absolute atomic E-state index is 5.01. The van der Waals surface area contributed by atoms with Gasteiger partial charge >= 0.3 is 0 Å². The van der Waals surface area contributed by atoms with Gasteiger partial charge in [-0.2, -0.15) is 0 Å². The molecule has 250 valence electrons. The highest BCUT2D eigenvalue weighted by Crippen LogP contribution is 2.61. The molecule has 1 aliphatic heterocycles. The summed E-state index contributed by atoms with van der Waals surface area (Å²) in [5, 5.41) is 3.62. The third-order valence-corrected chi connectivity index (χ3v) is 11.9. The SMILES string of the molecule is c1ccc(-c2ncc3c(-c4ccccc4-c4ccc5c(c4)-c4ccccc4C54c5ccccc5-n5c6ccccc6c6cccc4c65)cccc3n2)cc1. The molecule has 0 radical (unpaired) electrons. The molecule has 0 N–H and O–H groups in total. The summed E-state index contributed by atoms with van der Waals surface area (Å²) in [6.07, 6.45) is 1.99. The van der Waals surface area contributed by atoms with Crippen molar-refractivity contribution >= 4 is 32.7 Å². The average Bonchev–Trinajstić information content (AvgIpc) is 3.74. The number of hydrogen-bond donors (Lipinski definition) is 0. The standard InChI is InChI=1S/C51H31N3/c1-2-14-32(15-3-1)50-52-31-41-36(20-13-25-46(41)53-50)35-17-5-4-16-34(35)33-28-29-43-40(30-33)37-18-6-8-22-42(37)51(43)44-23-9-11-27-48(44)54-47-26-10-7-19-38(47)39-21-12-24-45(51)49(39)54/h1-31H. The van der Waals surface area contributed by atoms with E-state index in [0.717, 1.165) is 33.4 Å². The third-order valence-electron chi connectivity index (χ3n) is 11.9. The van der Waals surface area contributed by atoms with Gasteiger partial charge in [0.1, 0.15) is 0 Å². The van der Waals surface area contributed by atoms with Gasteiger partial charge in [-0.25, -0.2) is 9.97 Å². The number of nitrogens with zero attached hydrogens (tertiary/aromatic N) is 3. The second-order valence-corrected chi connectivity index (χ2v) is 14.5. The van der Waals surface area contributed by atoms with Crippen molar-refractivity contribution < 1.29 is 0 Å². The van der Waals surface area contributed by atoms with Gasteiger partial charge in [0.2, 0.25) is 0 Å². The normalized spacial score (nSPS) is 15.1. The number of para-hydroxylation sites is 3. The summed E-state index contributed by atoms with van der Waals surface area (Å²) in [5.41, 5.74) is 17.8. The van der Waals surface area contributed by atoms with E-state index >= 15 is 0 Å². The highest BCUT2D eigenvalue weighted by molar-refractivity contribution is 6.13. The molecule has 12 rings (SSSR count). The summed E-state index contributed by atoms with van der Waals surface area (Å²) >= 11 is 0. The van der Waals surface area contributed by atoms with E-state index < -0.39 is 5.41 Å². The monoisotopic (exact) mass is 685 g/mol. The first-order valence-corrected chi connectivity index (χ1v) is 18.6. The van der Waals surface area contributed by atoms with E-state index in [1.807, 2.05) is 24.4 Å². The minimum atomic E-state index is -0.464. The van der Waals surface area contributed by atoms with Gasteiger partial charge in [-0.3, -0.25) is 0 Å². The fourth-order valence-corrected chi connectivity index (χ4v) is 9.72. The van der Waals surface area contributed by atoms with Crippen molar-refractivity contribution in [1.29, 1.82) is 0 Å². The molecule has 1 unspecified atom stereocenters. The number of hydrogen-bond acceptors (Lipinski definition) is 2. The van der Waals surface area contributed by atoms with E-state index in [0.29, 0.717) is 0 Å². The molecule has 8 aromatic carbocycles. The molecule has 10 aromatic rings. The number of aromatic nitrogens is 3. The lowest BCUT2D eigenvalue weighted by molar-refractivity contribution is 0.748. The maximum atomic E-state index is 5.01. The summed E-state index contributed by atoms with van der Waals surface area (Å²) in [6, 6.07) is 66.4. The van der Waals surface area contributed by atoms with Crippen LogP contribution in [0.3, 0.4) is 0 Å². The van der Waals surface area contributed by atoms with Crippen molar-refractivity contribution in [3.63, 3.8) is 0 Å². The molecule has 3 heteroatoms. The predicted octanol–water partition coefficient (Wildman–Crippen LogP) is 12.4. The van der Waals surface area contributed by atoms with Crippen LogP contribution < -0.4 is 0 Å². The van der Waals surface area contributed by atoms with E-state index in [4.69, 9.17) is 9.97 Å². The van der Waals surface area contributed by atoms with Crippen molar-refractivity contribution in [2.75, 3.05) is 0 Å². The van der Waals surface area contributed by atoms with E-state index in [1.165, 1.54) is 72.0 Å². The Kier molecular flexibility index (Phi) is 5.98. The Morgan fingerprint density at radius 2 is 1.07 bits per heavy atom. The Morgan fingerprint density at radius 3 is 1.98 bits per heavy atom. The highest BCUT2D eigenvalue weighted by atomic mass is 15.0. The van der Waals surface area contributed by atoms with Crippen LogP contribution in [0.15, 0.2) is 188 Å². The zero-order valence-electron chi connectivity index (χ0n) is 29.2. The zero-order valence-corrected chi connectivity index (χ0v) is 29.2. The lowest BCUT2D eigenvalue weighted by Crippen LogP contribution is -2.33. The molecule has 1 atom stereocenters. The Balaban J connectivity index is 1.09. The minimum absolute atomic E-state index is 0.464. The van der Waals surface area contributed by atoms with Gasteiger partial charge in [0.25, 0.3) is 0 Å². The molecule has 2 aromatic heterocycles. The third kappa shape index (κ3) is 3.80. The lowest BCUT2D eigenvalue weighted by atomic mass is 9.65. The van der Waals surface area contributed by atoms with Crippen molar-refractivity contribution in [3.05, 3.63) is 210 Å². The molecule has 0 saturated heterocycles. The number of benzene rings is 8. The van der Waals surface area contributed by atoms with Gasteiger partial charge in [0.15, 0.2) is 5.82 Å². The van der Waals surface area contributed by atoms with Gasteiger partial charge in [-0.1, -0.05) is 158 Å². The summed E-state index contributed by atoms with van der Waals surface area (Å²) in [5.74, 6) is 0.736. The molecule has 3 nitrogen and oxygen atoms in total. The molecular weight excluding hydrogens is 655 g/mol. The average molecular weight is 686 g/mol. The van der Waals surface area contributed by atoms with E-state index in [1.54, 1.807) is 0 Å². The van der Waals surface area contributed by atoms with E-state index in [-0.39, 0.29) is 0 Å². The molecule has 3 heterocycles. The summed E-state index contributed by atoms with van der Waals surface area (Å²) in [4.78, 5) is 9.84. The Morgan fingerprint density at radius 1 is 0.407 bits per heavy atom. The summed E-state index contributed by atoms with van der Waals surface area (Å²) in [7, 11) is 0. The van der Waals surface area contributed by atoms with Crippen molar-refractivity contribution in [1.82, 2.24) is 14.5 Å². The summed E-state index contributed by atoms with van der Waals surface area (Å²) < 4.78 is 2.50. The second-order valence-electron chi connectivity index (χ2n) is 14.5. The lowest BCUT2D eigenvalue weighted by Gasteiger charge is -2.39. The number of fused-ring (bicyclic) bond motifs is 13. The zero-order chi connectivity index (χ0) is 35.4. The van der Waals surface area contributed by atoms with Crippen LogP contribution in [-0.4, -0.2) is 14.5 Å². The smallest absolute Gasteiger partial charge is 0.159 e. The van der Waals surface area contributed by atoms with Gasteiger partial charge in [-0.05, 0) is 79.9 Å². The Hall–Kier alpha value is -7.10. The Bertz CT molecular complexity index is 3170. The first kappa shape index (κ1) is 29.5. The minimum Gasteiger partial charge on any atom is -0.309 e. The van der Waals surface area contributed by atoms with Crippen LogP contribution in [0.25, 0.3) is 83.2 Å². The maximum Gasteiger partial charge on any atom is 0.159 e. The van der Waals surface area contributed by atoms with Crippen LogP contribution in [0.2, 0.25) is 0 Å². The fourth-order valence-electron chi connectivity index (χ4n) is 9.72. The predicted molar refractivity (Wildman–Crippen MR) is 221 cm³/mol. The van der Waals surface area contributed by atoms with E-state index in [2.05, 4.69) is 168 Å². The van der Waals surface area contributed by atoms with Gasteiger partial charge in [-0.15, -0.1) is 0 Å². The second kappa shape index (κ2) is 11.0.